The van der Waals surface area contributed by atoms with Gasteiger partial charge in [0.2, 0.25) is 0 Å². The van der Waals surface area contributed by atoms with Gasteiger partial charge in [-0.05, 0) is 41.9 Å². The number of nitrogens with zero attached hydrogens (tertiary/aromatic N) is 1. The Morgan fingerprint density at radius 2 is 1.50 bits per heavy atom. The van der Waals surface area contributed by atoms with Gasteiger partial charge in [-0.15, -0.1) is 12.4 Å². The van der Waals surface area contributed by atoms with Crippen molar-refractivity contribution in [2.24, 2.45) is 0 Å². The van der Waals surface area contributed by atoms with Gasteiger partial charge in [0.15, 0.2) is 5.78 Å². The largest absolute Gasteiger partial charge is 0.298 e. The third kappa shape index (κ3) is 6.70. The van der Waals surface area contributed by atoms with Crippen LogP contribution in [0, 0.1) is 0 Å². The van der Waals surface area contributed by atoms with Gasteiger partial charge in [-0.25, -0.2) is 0 Å². The van der Waals surface area contributed by atoms with E-state index in [0.717, 1.165) is 17.7 Å². The SMILES string of the molecule is C=C(CN(C)Cc1ccccc1)C(=O)/C(=C\c1ccc(Cl)cc1)c1ccccc1.Cl. The van der Waals surface area contributed by atoms with Crippen molar-refractivity contribution in [2.45, 2.75) is 6.54 Å². The first-order valence-electron chi connectivity index (χ1n) is 9.50. The van der Waals surface area contributed by atoms with Crippen LogP contribution in [0.4, 0.5) is 0 Å². The molecule has 0 fully saturated rings. The Morgan fingerprint density at radius 1 is 0.933 bits per heavy atom. The molecule has 0 N–H and O–H groups in total. The maximum Gasteiger partial charge on any atom is 0.190 e. The highest BCUT2D eigenvalue weighted by molar-refractivity contribution is 6.32. The summed E-state index contributed by atoms with van der Waals surface area (Å²) in [7, 11) is 2.00. The lowest BCUT2D eigenvalue weighted by molar-refractivity contribution is -0.110. The van der Waals surface area contributed by atoms with Crippen molar-refractivity contribution >= 4 is 41.4 Å². The molecule has 0 saturated carbocycles. The first-order valence-corrected chi connectivity index (χ1v) is 9.88. The van der Waals surface area contributed by atoms with Crippen molar-refractivity contribution in [3.8, 4) is 0 Å². The highest BCUT2D eigenvalue weighted by Crippen LogP contribution is 2.23. The molecular weight excluding hydrogens is 413 g/mol. The highest BCUT2D eigenvalue weighted by atomic mass is 35.5. The summed E-state index contributed by atoms with van der Waals surface area (Å²) >= 11 is 5.99. The third-order valence-corrected chi connectivity index (χ3v) is 4.84. The first-order chi connectivity index (χ1) is 14.0. The summed E-state index contributed by atoms with van der Waals surface area (Å²) in [4.78, 5) is 15.4. The van der Waals surface area contributed by atoms with Crippen molar-refractivity contribution in [3.63, 3.8) is 0 Å². The molecule has 0 amide bonds. The molecule has 0 aliphatic carbocycles. The molecule has 0 saturated heterocycles. The number of hydrogen-bond acceptors (Lipinski definition) is 2. The van der Waals surface area contributed by atoms with Gasteiger partial charge >= 0.3 is 0 Å². The fourth-order valence-electron chi connectivity index (χ4n) is 3.16. The van der Waals surface area contributed by atoms with E-state index in [4.69, 9.17) is 11.6 Å². The van der Waals surface area contributed by atoms with Gasteiger partial charge < -0.3 is 0 Å². The monoisotopic (exact) mass is 437 g/mol. The summed E-state index contributed by atoms with van der Waals surface area (Å²) in [6.45, 7) is 5.34. The van der Waals surface area contributed by atoms with Crippen LogP contribution in [0.15, 0.2) is 97.1 Å². The van der Waals surface area contributed by atoms with Crippen LogP contribution in [0.5, 0.6) is 0 Å². The lowest BCUT2D eigenvalue weighted by Crippen LogP contribution is -2.23. The van der Waals surface area contributed by atoms with Gasteiger partial charge in [0.25, 0.3) is 0 Å². The molecule has 0 spiro atoms. The summed E-state index contributed by atoms with van der Waals surface area (Å²) in [5.74, 6) is -0.0499. The summed E-state index contributed by atoms with van der Waals surface area (Å²) in [6, 6.07) is 27.4. The van der Waals surface area contributed by atoms with E-state index in [2.05, 4.69) is 23.6 Å². The van der Waals surface area contributed by atoms with E-state index in [1.807, 2.05) is 85.9 Å². The molecule has 0 atom stereocenters. The van der Waals surface area contributed by atoms with Gasteiger partial charge in [-0.2, -0.15) is 0 Å². The molecule has 0 heterocycles. The lowest BCUT2D eigenvalue weighted by Gasteiger charge is -2.18. The van der Waals surface area contributed by atoms with Crippen LogP contribution < -0.4 is 0 Å². The number of carbonyl (C=O) groups excluding carboxylic acids is 1. The molecule has 3 aromatic rings. The predicted molar refractivity (Wildman–Crippen MR) is 130 cm³/mol. The molecule has 2 nitrogen and oxygen atoms in total. The van der Waals surface area contributed by atoms with Crippen LogP contribution in [0.25, 0.3) is 11.6 Å². The molecule has 0 bridgehead atoms. The average molecular weight is 438 g/mol. The zero-order valence-electron chi connectivity index (χ0n) is 16.9. The molecule has 0 radical (unpaired) electrons. The van der Waals surface area contributed by atoms with Crippen molar-refractivity contribution in [2.75, 3.05) is 13.6 Å². The Bertz CT molecular complexity index is 996. The molecule has 0 aliphatic heterocycles. The number of likely N-dealkylation sites (N-methyl/N-ethyl adjacent to an activating group) is 1. The third-order valence-electron chi connectivity index (χ3n) is 4.59. The first kappa shape index (κ1) is 23.6. The van der Waals surface area contributed by atoms with Gasteiger partial charge in [-0.3, -0.25) is 9.69 Å². The molecule has 4 heteroatoms. The number of Topliss-reactive ketones (excluding diaryl/α,β-unsaturated/α-hetero) is 1. The fourth-order valence-corrected chi connectivity index (χ4v) is 3.29. The van der Waals surface area contributed by atoms with Crippen molar-refractivity contribution in [1.29, 1.82) is 0 Å². The minimum Gasteiger partial charge on any atom is -0.298 e. The second-order valence-corrected chi connectivity index (χ2v) is 7.50. The Morgan fingerprint density at radius 3 is 2.10 bits per heavy atom. The average Bonchev–Trinajstić information content (AvgIpc) is 2.74. The van der Waals surface area contributed by atoms with E-state index in [-0.39, 0.29) is 18.2 Å². The lowest BCUT2D eigenvalue weighted by atomic mass is 9.95. The standard InChI is InChI=1S/C26H24ClNO.ClH/c1-20(18-28(2)19-22-9-5-3-6-10-22)26(29)25(23-11-7-4-8-12-23)17-21-13-15-24(27)16-14-21;/h3-17H,1,18-19H2,2H3;1H/b25-17-;. The summed E-state index contributed by atoms with van der Waals surface area (Å²) < 4.78 is 0. The Hall–Kier alpha value is -2.65. The van der Waals surface area contributed by atoms with Crippen LogP contribution in [-0.2, 0) is 11.3 Å². The van der Waals surface area contributed by atoms with Gasteiger partial charge in [0.1, 0.15) is 0 Å². The molecule has 30 heavy (non-hydrogen) atoms. The van der Waals surface area contributed by atoms with E-state index >= 15 is 0 Å². The Balaban J connectivity index is 0.00000320. The number of ketones is 1. The maximum absolute atomic E-state index is 13.3. The smallest absolute Gasteiger partial charge is 0.190 e. The maximum atomic E-state index is 13.3. The van der Waals surface area contributed by atoms with Gasteiger partial charge in [0, 0.05) is 29.3 Å². The molecule has 0 aliphatic rings. The van der Waals surface area contributed by atoms with Crippen LogP contribution in [0.3, 0.4) is 0 Å². The molecule has 154 valence electrons. The summed E-state index contributed by atoms with van der Waals surface area (Å²) in [5.41, 5.74) is 4.19. The minimum absolute atomic E-state index is 0. The van der Waals surface area contributed by atoms with Crippen LogP contribution >= 0.6 is 24.0 Å². The van der Waals surface area contributed by atoms with Gasteiger partial charge in [-0.1, -0.05) is 91.0 Å². The van der Waals surface area contributed by atoms with E-state index in [0.29, 0.717) is 22.7 Å². The zero-order chi connectivity index (χ0) is 20.6. The number of halogens is 2. The second kappa shape index (κ2) is 11.5. The second-order valence-electron chi connectivity index (χ2n) is 7.07. The van der Waals surface area contributed by atoms with Crippen LogP contribution in [-0.4, -0.2) is 24.3 Å². The normalized spacial score (nSPS) is 11.1. The van der Waals surface area contributed by atoms with E-state index in [9.17, 15) is 4.79 Å². The topological polar surface area (TPSA) is 20.3 Å². The molecule has 3 rings (SSSR count). The fraction of sp³-hybridized carbons (Fsp3) is 0.115. The van der Waals surface area contributed by atoms with Crippen LogP contribution in [0.2, 0.25) is 5.02 Å². The van der Waals surface area contributed by atoms with Gasteiger partial charge in [0.05, 0.1) is 0 Å². The molecular formula is C26H25Cl2NO. The van der Waals surface area contributed by atoms with E-state index in [1.165, 1.54) is 5.56 Å². The van der Waals surface area contributed by atoms with E-state index < -0.39 is 0 Å². The summed E-state index contributed by atoms with van der Waals surface area (Å²) in [6.07, 6.45) is 1.90. The molecule has 0 aromatic heterocycles. The number of rotatable bonds is 8. The number of carbonyl (C=O) groups is 1. The zero-order valence-corrected chi connectivity index (χ0v) is 18.5. The van der Waals surface area contributed by atoms with Crippen molar-refractivity contribution in [3.05, 3.63) is 119 Å². The summed E-state index contributed by atoms with van der Waals surface area (Å²) in [5, 5.41) is 0.668. The number of allylic oxidation sites excluding steroid dienone is 1. The number of benzene rings is 3. The Labute approximate surface area is 189 Å². The van der Waals surface area contributed by atoms with Crippen molar-refractivity contribution in [1.82, 2.24) is 4.90 Å². The Kier molecular flexibility index (Phi) is 9.07. The molecule has 3 aromatic carbocycles. The quantitative estimate of drug-likeness (QED) is 0.293. The van der Waals surface area contributed by atoms with Crippen molar-refractivity contribution < 1.29 is 4.79 Å². The minimum atomic E-state index is -0.0499. The predicted octanol–water partition coefficient (Wildman–Crippen LogP) is 6.56. The highest BCUT2D eigenvalue weighted by Gasteiger charge is 2.17. The number of hydrogen-bond donors (Lipinski definition) is 0. The van der Waals surface area contributed by atoms with E-state index in [1.54, 1.807) is 0 Å². The molecule has 0 unspecified atom stereocenters. The van der Waals surface area contributed by atoms with Crippen LogP contribution in [0.1, 0.15) is 16.7 Å².